The van der Waals surface area contributed by atoms with E-state index in [2.05, 4.69) is 25.6 Å². The van der Waals surface area contributed by atoms with Crippen LogP contribution in [0.3, 0.4) is 0 Å². The Bertz CT molecular complexity index is 1870. The van der Waals surface area contributed by atoms with E-state index in [1.165, 1.54) is 35.5 Å². The van der Waals surface area contributed by atoms with Gasteiger partial charge in [0.1, 0.15) is 22.5 Å². The third-order valence-electron chi connectivity index (χ3n) is 7.38. The van der Waals surface area contributed by atoms with E-state index in [1.54, 1.807) is 20.8 Å². The number of aromatic amines is 1. The molecule has 3 N–H and O–H groups in total. The number of anilines is 2. The summed E-state index contributed by atoms with van der Waals surface area (Å²) in [6.45, 7) is 5.59. The lowest BCUT2D eigenvalue weighted by atomic mass is 9.92. The number of pyridine rings is 2. The fourth-order valence-electron chi connectivity index (χ4n) is 5.27. The largest absolute Gasteiger partial charge is 0.444 e. The average molecular weight is 643 g/mol. The van der Waals surface area contributed by atoms with Gasteiger partial charge in [-0.15, -0.1) is 0 Å². The second-order valence-corrected chi connectivity index (χ2v) is 12.1. The lowest BCUT2D eigenvalue weighted by Crippen LogP contribution is -2.55. The molecule has 0 radical (unpaired) electrons. The molecule has 234 valence electrons. The van der Waals surface area contributed by atoms with Gasteiger partial charge in [-0.3, -0.25) is 9.59 Å². The van der Waals surface area contributed by atoms with Crippen LogP contribution < -0.4 is 15.4 Å². The standard InChI is InChI=1S/C30H26ClF3N6O5/c1-28(2,3)45-27(43)40-9-7-29(14-40)26(42)38-20-13-37-25-22(23(20)39-29)18(12-36-25)24(41)17-5-4-16(11-19(17)31)44-21-10-15(6-8-35-21)30(32,33)34/h4-6,8,10-13,39H,7,9,14H2,1-3H3,(H,36,37)(H,38,42). The van der Waals surface area contributed by atoms with E-state index in [4.69, 9.17) is 21.1 Å². The number of rotatable bonds is 4. The summed E-state index contributed by atoms with van der Waals surface area (Å²) in [5.74, 6) is -1.06. The normalized spacial score (nSPS) is 18.0. The molecule has 6 rings (SSSR count). The summed E-state index contributed by atoms with van der Waals surface area (Å²) < 4.78 is 50.2. The van der Waals surface area contributed by atoms with Crippen molar-refractivity contribution < 1.29 is 37.0 Å². The number of ether oxygens (including phenoxy) is 2. The molecule has 5 heterocycles. The van der Waals surface area contributed by atoms with E-state index in [0.29, 0.717) is 28.8 Å². The first-order valence-corrected chi connectivity index (χ1v) is 14.1. The van der Waals surface area contributed by atoms with Gasteiger partial charge in [0.15, 0.2) is 5.78 Å². The van der Waals surface area contributed by atoms with E-state index in [9.17, 15) is 27.6 Å². The number of amides is 2. The molecule has 0 saturated carbocycles. The zero-order valence-electron chi connectivity index (χ0n) is 24.1. The number of H-pyrrole nitrogens is 1. The summed E-state index contributed by atoms with van der Waals surface area (Å²) in [6, 6.07) is 5.66. The van der Waals surface area contributed by atoms with Crippen LogP contribution in [-0.2, 0) is 15.7 Å². The second kappa shape index (κ2) is 10.6. The number of ketones is 1. The first-order chi connectivity index (χ1) is 21.1. The topological polar surface area (TPSA) is 139 Å². The maximum absolute atomic E-state index is 13.8. The first-order valence-electron chi connectivity index (χ1n) is 13.8. The number of carbonyl (C=O) groups is 3. The molecule has 45 heavy (non-hydrogen) atoms. The van der Waals surface area contributed by atoms with Crippen LogP contribution in [0.25, 0.3) is 11.0 Å². The minimum atomic E-state index is -4.57. The smallest absolute Gasteiger partial charge is 0.416 e. The number of alkyl halides is 3. The van der Waals surface area contributed by atoms with Gasteiger partial charge < -0.3 is 30.0 Å². The lowest BCUT2D eigenvalue weighted by molar-refractivity contribution is -0.137. The molecule has 1 spiro atoms. The monoisotopic (exact) mass is 642 g/mol. The van der Waals surface area contributed by atoms with Gasteiger partial charge in [0.25, 0.3) is 5.91 Å². The Morgan fingerprint density at radius 1 is 1.09 bits per heavy atom. The van der Waals surface area contributed by atoms with Crippen molar-refractivity contribution in [2.24, 2.45) is 0 Å². The average Bonchev–Trinajstić information content (AvgIpc) is 3.58. The molecule has 2 aliphatic heterocycles. The molecule has 1 aromatic carbocycles. The van der Waals surface area contributed by atoms with Gasteiger partial charge in [-0.05, 0) is 45.4 Å². The SMILES string of the molecule is CC(C)(C)OC(=O)N1CCC2(C1)Nc1c(cnc3[nH]cc(C(=O)c4ccc(Oc5cc(C(F)(F)F)ccn5)cc4Cl)c13)NC2=O. The zero-order valence-corrected chi connectivity index (χ0v) is 24.9. The molecule has 4 aromatic rings. The van der Waals surface area contributed by atoms with Crippen molar-refractivity contribution >= 4 is 51.8 Å². The number of nitrogens with zero attached hydrogens (tertiary/aromatic N) is 3. The van der Waals surface area contributed by atoms with Crippen molar-refractivity contribution in [3.05, 3.63) is 70.6 Å². The van der Waals surface area contributed by atoms with Crippen molar-refractivity contribution in [1.29, 1.82) is 0 Å². The number of hydrogen-bond donors (Lipinski definition) is 3. The summed E-state index contributed by atoms with van der Waals surface area (Å²) in [4.78, 5) is 52.4. The molecule has 1 atom stereocenters. The quantitative estimate of drug-likeness (QED) is 0.218. The van der Waals surface area contributed by atoms with Crippen LogP contribution in [0.2, 0.25) is 5.02 Å². The Labute approximate surface area is 259 Å². The minimum absolute atomic E-state index is 0.0156. The highest BCUT2D eigenvalue weighted by molar-refractivity contribution is 6.36. The van der Waals surface area contributed by atoms with Crippen LogP contribution in [0, 0.1) is 0 Å². The fraction of sp³-hybridized carbons (Fsp3) is 0.300. The van der Waals surface area contributed by atoms with Crippen molar-refractivity contribution in [2.75, 3.05) is 23.7 Å². The highest BCUT2D eigenvalue weighted by atomic mass is 35.5. The summed E-state index contributed by atoms with van der Waals surface area (Å²) in [5, 5.41) is 6.54. The van der Waals surface area contributed by atoms with E-state index < -0.39 is 34.8 Å². The zero-order chi connectivity index (χ0) is 32.3. The Kier molecular flexibility index (Phi) is 7.14. The third-order valence-corrected chi connectivity index (χ3v) is 7.70. The van der Waals surface area contributed by atoms with Crippen LogP contribution in [0.5, 0.6) is 11.6 Å². The van der Waals surface area contributed by atoms with Crippen LogP contribution in [-0.4, -0.2) is 61.9 Å². The molecule has 11 nitrogen and oxygen atoms in total. The number of nitrogens with one attached hydrogen (secondary N) is 3. The number of halogens is 4. The number of fused-ring (bicyclic) bond motifs is 3. The number of aromatic nitrogens is 3. The highest BCUT2D eigenvalue weighted by Crippen LogP contribution is 2.42. The van der Waals surface area contributed by atoms with E-state index in [-0.39, 0.29) is 46.8 Å². The summed E-state index contributed by atoms with van der Waals surface area (Å²) >= 11 is 6.47. The molecular formula is C30H26ClF3N6O5. The third kappa shape index (κ3) is 5.72. The number of likely N-dealkylation sites (tertiary alicyclic amines) is 1. The lowest BCUT2D eigenvalue weighted by Gasteiger charge is -2.36. The molecular weight excluding hydrogens is 617 g/mol. The van der Waals surface area contributed by atoms with Crippen LogP contribution >= 0.6 is 11.6 Å². The number of benzene rings is 1. The predicted octanol–water partition coefficient (Wildman–Crippen LogP) is 6.40. The Morgan fingerprint density at radius 2 is 1.87 bits per heavy atom. The summed E-state index contributed by atoms with van der Waals surface area (Å²) in [5.41, 5.74) is -1.36. The van der Waals surface area contributed by atoms with Crippen LogP contribution in [0.15, 0.2) is 48.9 Å². The van der Waals surface area contributed by atoms with Crippen molar-refractivity contribution in [3.8, 4) is 11.6 Å². The van der Waals surface area contributed by atoms with Gasteiger partial charge in [-0.1, -0.05) is 11.6 Å². The minimum Gasteiger partial charge on any atom is -0.444 e. The maximum atomic E-state index is 13.8. The molecule has 2 aliphatic rings. The predicted molar refractivity (Wildman–Crippen MR) is 158 cm³/mol. The Hall–Kier alpha value is -4.85. The molecule has 0 aliphatic carbocycles. The van der Waals surface area contributed by atoms with Gasteiger partial charge in [0, 0.05) is 36.6 Å². The number of hydrogen-bond acceptors (Lipinski definition) is 8. The van der Waals surface area contributed by atoms with Gasteiger partial charge >= 0.3 is 12.3 Å². The molecule has 15 heteroatoms. The second-order valence-electron chi connectivity index (χ2n) is 11.7. The Morgan fingerprint density at radius 3 is 2.58 bits per heavy atom. The van der Waals surface area contributed by atoms with Crippen LogP contribution in [0.4, 0.5) is 29.3 Å². The molecule has 3 aromatic heterocycles. The summed E-state index contributed by atoms with van der Waals surface area (Å²) in [7, 11) is 0. The number of carbonyl (C=O) groups excluding carboxylic acids is 3. The first kappa shape index (κ1) is 30.2. The molecule has 1 saturated heterocycles. The van der Waals surface area contributed by atoms with Gasteiger partial charge in [-0.25, -0.2) is 14.8 Å². The molecule has 1 unspecified atom stereocenters. The van der Waals surface area contributed by atoms with Gasteiger partial charge in [0.05, 0.1) is 45.7 Å². The molecule has 2 amide bonds. The van der Waals surface area contributed by atoms with Gasteiger partial charge in [-0.2, -0.15) is 13.2 Å². The van der Waals surface area contributed by atoms with E-state index in [1.807, 2.05) is 0 Å². The molecule has 0 bridgehead atoms. The van der Waals surface area contributed by atoms with E-state index >= 15 is 0 Å². The van der Waals surface area contributed by atoms with Crippen molar-refractivity contribution in [1.82, 2.24) is 19.9 Å². The van der Waals surface area contributed by atoms with E-state index in [0.717, 1.165) is 18.3 Å². The Balaban J connectivity index is 1.28. The maximum Gasteiger partial charge on any atom is 0.416 e. The fourth-order valence-corrected chi connectivity index (χ4v) is 5.52. The van der Waals surface area contributed by atoms with Crippen LogP contribution in [0.1, 0.15) is 48.7 Å². The molecule has 1 fully saturated rings. The van der Waals surface area contributed by atoms with Crippen molar-refractivity contribution in [3.63, 3.8) is 0 Å². The summed E-state index contributed by atoms with van der Waals surface area (Å²) in [6.07, 6.45) is -0.910. The highest BCUT2D eigenvalue weighted by Gasteiger charge is 2.50. The van der Waals surface area contributed by atoms with Crippen molar-refractivity contribution in [2.45, 2.75) is 44.5 Å². The van der Waals surface area contributed by atoms with Gasteiger partial charge in [0.2, 0.25) is 5.88 Å².